The van der Waals surface area contributed by atoms with Crippen molar-refractivity contribution >= 4 is 12.0 Å². The second kappa shape index (κ2) is 8.71. The van der Waals surface area contributed by atoms with Crippen molar-refractivity contribution in [1.29, 1.82) is 0 Å². The van der Waals surface area contributed by atoms with Crippen LogP contribution in [-0.4, -0.2) is 49.0 Å². The van der Waals surface area contributed by atoms with E-state index >= 15 is 0 Å². The quantitative estimate of drug-likeness (QED) is 0.802. The fourth-order valence-electron chi connectivity index (χ4n) is 2.19. The molecule has 0 fully saturated rings. The van der Waals surface area contributed by atoms with E-state index in [2.05, 4.69) is 6.92 Å². The first-order valence-corrected chi connectivity index (χ1v) is 8.36. The summed E-state index contributed by atoms with van der Waals surface area (Å²) in [4.78, 5) is 27.3. The van der Waals surface area contributed by atoms with Crippen LogP contribution in [0.3, 0.4) is 0 Å². The SMILES string of the molecule is CCc1ccc(COC(=O)N(C)CCN(C)C(=O)C(C)(C)C)cc1. The smallest absolute Gasteiger partial charge is 0.409 e. The van der Waals surface area contributed by atoms with Crippen LogP contribution in [0.25, 0.3) is 0 Å². The van der Waals surface area contributed by atoms with Crippen LogP contribution in [0.4, 0.5) is 4.79 Å². The van der Waals surface area contributed by atoms with Gasteiger partial charge in [0.15, 0.2) is 0 Å². The van der Waals surface area contributed by atoms with Crippen molar-refractivity contribution in [2.24, 2.45) is 5.41 Å². The third kappa shape index (κ3) is 6.22. The Morgan fingerprint density at radius 2 is 1.46 bits per heavy atom. The molecule has 0 bridgehead atoms. The number of benzene rings is 1. The highest BCUT2D eigenvalue weighted by Crippen LogP contribution is 2.16. The maximum atomic E-state index is 12.1. The maximum absolute atomic E-state index is 12.1. The van der Waals surface area contributed by atoms with Gasteiger partial charge in [-0.15, -0.1) is 0 Å². The number of hydrogen-bond donors (Lipinski definition) is 0. The Morgan fingerprint density at radius 1 is 0.958 bits per heavy atom. The molecule has 1 aromatic rings. The molecule has 0 heterocycles. The summed E-state index contributed by atoms with van der Waals surface area (Å²) in [6.07, 6.45) is 0.607. The highest BCUT2D eigenvalue weighted by atomic mass is 16.6. The van der Waals surface area contributed by atoms with Gasteiger partial charge in [-0.25, -0.2) is 4.79 Å². The molecule has 24 heavy (non-hydrogen) atoms. The number of likely N-dealkylation sites (N-methyl/N-ethyl adjacent to an activating group) is 2. The topological polar surface area (TPSA) is 49.9 Å². The first kappa shape index (κ1) is 20.0. The minimum Gasteiger partial charge on any atom is -0.445 e. The molecule has 1 rings (SSSR count). The second-order valence-corrected chi connectivity index (χ2v) is 7.12. The monoisotopic (exact) mass is 334 g/mol. The number of carbonyl (C=O) groups excluding carboxylic acids is 2. The summed E-state index contributed by atoms with van der Waals surface area (Å²) in [5.74, 6) is 0.0558. The van der Waals surface area contributed by atoms with E-state index in [1.54, 1.807) is 19.0 Å². The van der Waals surface area contributed by atoms with Crippen LogP contribution in [0, 0.1) is 5.41 Å². The summed E-state index contributed by atoms with van der Waals surface area (Å²) in [5.41, 5.74) is 1.81. The Labute approximate surface area is 145 Å². The molecule has 5 heteroatoms. The van der Waals surface area contributed by atoms with Crippen LogP contribution in [0.5, 0.6) is 0 Å². The van der Waals surface area contributed by atoms with E-state index in [0.717, 1.165) is 12.0 Å². The Balaban J connectivity index is 2.40. The lowest BCUT2D eigenvalue weighted by Gasteiger charge is -2.27. The van der Waals surface area contributed by atoms with E-state index in [1.165, 1.54) is 10.5 Å². The number of rotatable bonds is 6. The molecular formula is C19H30N2O3. The summed E-state index contributed by atoms with van der Waals surface area (Å²) >= 11 is 0. The number of carbonyl (C=O) groups is 2. The lowest BCUT2D eigenvalue weighted by atomic mass is 9.95. The van der Waals surface area contributed by atoms with E-state index in [1.807, 2.05) is 45.0 Å². The normalized spacial score (nSPS) is 11.1. The molecule has 0 spiro atoms. The minimum atomic E-state index is -0.418. The number of aryl methyl sites for hydroxylation is 1. The molecule has 0 aliphatic rings. The molecule has 0 aromatic heterocycles. The Bertz CT molecular complexity index is 547. The van der Waals surface area contributed by atoms with Crippen molar-refractivity contribution < 1.29 is 14.3 Å². The van der Waals surface area contributed by atoms with Crippen molar-refractivity contribution in [3.8, 4) is 0 Å². The largest absolute Gasteiger partial charge is 0.445 e. The van der Waals surface area contributed by atoms with Crippen LogP contribution in [-0.2, 0) is 22.6 Å². The zero-order chi connectivity index (χ0) is 18.3. The van der Waals surface area contributed by atoms with Gasteiger partial charge in [-0.2, -0.15) is 0 Å². The molecule has 0 N–H and O–H groups in total. The summed E-state index contributed by atoms with van der Waals surface area (Å²) in [6, 6.07) is 8.03. The third-order valence-corrected chi connectivity index (χ3v) is 3.86. The van der Waals surface area contributed by atoms with Crippen molar-refractivity contribution in [3.63, 3.8) is 0 Å². The maximum Gasteiger partial charge on any atom is 0.409 e. The molecule has 1 aromatic carbocycles. The van der Waals surface area contributed by atoms with Crippen LogP contribution in [0.2, 0.25) is 0 Å². The molecule has 0 unspecified atom stereocenters. The Kier molecular flexibility index (Phi) is 7.26. The molecule has 2 amide bonds. The van der Waals surface area contributed by atoms with Crippen LogP contribution >= 0.6 is 0 Å². The van der Waals surface area contributed by atoms with Gasteiger partial charge >= 0.3 is 6.09 Å². The second-order valence-electron chi connectivity index (χ2n) is 7.12. The van der Waals surface area contributed by atoms with Crippen molar-refractivity contribution in [1.82, 2.24) is 9.80 Å². The van der Waals surface area contributed by atoms with Crippen molar-refractivity contribution in [3.05, 3.63) is 35.4 Å². The summed E-state index contributed by atoms with van der Waals surface area (Å²) in [7, 11) is 3.43. The minimum absolute atomic E-state index is 0.0558. The lowest BCUT2D eigenvalue weighted by Crippen LogP contribution is -2.41. The first-order valence-electron chi connectivity index (χ1n) is 8.36. The van der Waals surface area contributed by atoms with Crippen molar-refractivity contribution in [2.75, 3.05) is 27.2 Å². The van der Waals surface area contributed by atoms with Gasteiger partial charge in [-0.1, -0.05) is 52.0 Å². The van der Waals surface area contributed by atoms with Gasteiger partial charge in [0.2, 0.25) is 5.91 Å². The average Bonchev–Trinajstić information content (AvgIpc) is 2.55. The van der Waals surface area contributed by atoms with Gasteiger partial charge < -0.3 is 14.5 Å². The standard InChI is InChI=1S/C19H30N2O3/c1-7-15-8-10-16(11-9-15)14-24-18(23)21(6)13-12-20(5)17(22)19(2,3)4/h8-11H,7,12-14H2,1-6H3. The third-order valence-electron chi connectivity index (χ3n) is 3.86. The van der Waals surface area contributed by atoms with Gasteiger partial charge in [0, 0.05) is 32.6 Å². The molecule has 0 aliphatic carbocycles. The fourth-order valence-corrected chi connectivity index (χ4v) is 2.19. The summed E-state index contributed by atoms with van der Waals surface area (Å²) < 4.78 is 5.31. The molecule has 134 valence electrons. The zero-order valence-corrected chi connectivity index (χ0v) is 15.8. The van der Waals surface area contributed by atoms with Crippen LogP contribution in [0.15, 0.2) is 24.3 Å². The van der Waals surface area contributed by atoms with E-state index in [-0.39, 0.29) is 18.6 Å². The Hall–Kier alpha value is -2.04. The number of hydrogen-bond acceptors (Lipinski definition) is 3. The lowest BCUT2D eigenvalue weighted by molar-refractivity contribution is -0.138. The fraction of sp³-hybridized carbons (Fsp3) is 0.579. The molecule has 0 atom stereocenters. The molecule has 0 radical (unpaired) electrons. The Morgan fingerprint density at radius 3 is 1.96 bits per heavy atom. The van der Waals surface area contributed by atoms with Gasteiger partial charge in [0.05, 0.1) is 0 Å². The summed E-state index contributed by atoms with van der Waals surface area (Å²) in [5, 5.41) is 0. The van der Waals surface area contributed by atoms with Gasteiger partial charge in [0.25, 0.3) is 0 Å². The highest BCUT2D eigenvalue weighted by Gasteiger charge is 2.25. The van der Waals surface area contributed by atoms with Crippen LogP contribution < -0.4 is 0 Å². The number of amides is 2. The van der Waals surface area contributed by atoms with E-state index in [9.17, 15) is 9.59 Å². The predicted molar refractivity (Wildman–Crippen MR) is 95.7 cm³/mol. The van der Waals surface area contributed by atoms with E-state index in [0.29, 0.717) is 13.1 Å². The molecule has 0 saturated carbocycles. The number of nitrogens with zero attached hydrogens (tertiary/aromatic N) is 2. The number of ether oxygens (including phenoxy) is 1. The van der Waals surface area contributed by atoms with E-state index in [4.69, 9.17) is 4.74 Å². The van der Waals surface area contributed by atoms with Crippen LogP contribution in [0.1, 0.15) is 38.8 Å². The zero-order valence-electron chi connectivity index (χ0n) is 15.8. The molecule has 5 nitrogen and oxygen atoms in total. The highest BCUT2D eigenvalue weighted by molar-refractivity contribution is 5.81. The summed E-state index contributed by atoms with van der Waals surface area (Å²) in [6.45, 7) is 8.92. The van der Waals surface area contributed by atoms with Gasteiger partial charge in [-0.05, 0) is 17.5 Å². The first-order chi connectivity index (χ1) is 11.1. The van der Waals surface area contributed by atoms with Crippen molar-refractivity contribution in [2.45, 2.75) is 40.7 Å². The average molecular weight is 334 g/mol. The molecule has 0 saturated heterocycles. The predicted octanol–water partition coefficient (Wildman–Crippen LogP) is 3.32. The van der Waals surface area contributed by atoms with Gasteiger partial charge in [0.1, 0.15) is 6.61 Å². The molecule has 0 aliphatic heterocycles. The molecular weight excluding hydrogens is 304 g/mol. The van der Waals surface area contributed by atoms with Gasteiger partial charge in [-0.3, -0.25) is 4.79 Å². The van der Waals surface area contributed by atoms with E-state index < -0.39 is 5.41 Å².